The lowest BCUT2D eigenvalue weighted by atomic mass is 10.2. The van der Waals surface area contributed by atoms with Crippen LogP contribution in [0.2, 0.25) is 0 Å². The summed E-state index contributed by atoms with van der Waals surface area (Å²) in [5, 5.41) is 8.84. The Balaban J connectivity index is 1.87. The van der Waals surface area contributed by atoms with E-state index in [4.69, 9.17) is 10.00 Å². The van der Waals surface area contributed by atoms with E-state index in [-0.39, 0.29) is 18.1 Å². The van der Waals surface area contributed by atoms with Gasteiger partial charge in [-0.15, -0.1) is 0 Å². The second-order valence-electron chi connectivity index (χ2n) is 4.95. The maximum absolute atomic E-state index is 12.6. The first-order valence-electron chi connectivity index (χ1n) is 6.64. The minimum absolute atomic E-state index is 0.0153. The third kappa shape index (κ3) is 2.41. The summed E-state index contributed by atoms with van der Waals surface area (Å²) in [5.74, 6) is 0.618. The van der Waals surface area contributed by atoms with Crippen LogP contribution in [0.5, 0.6) is 0 Å². The van der Waals surface area contributed by atoms with Gasteiger partial charge in [-0.1, -0.05) is 0 Å². The predicted molar refractivity (Wildman–Crippen MR) is 73.3 cm³/mol. The molecule has 0 bridgehead atoms. The summed E-state index contributed by atoms with van der Waals surface area (Å²) in [4.78, 5) is 24.5. The van der Waals surface area contributed by atoms with Crippen molar-refractivity contribution in [1.29, 1.82) is 5.26 Å². The zero-order chi connectivity index (χ0) is 14.8. The standard InChI is InChI=1S/C14H15N5O2/c1-21-11-5-12(13-16-2-3-17-13)19(8-11)14(20)9-4-10(6-15)18-7-9/h2-4,7,11-12,18H,5,8H2,1H3,(H,16,17)/t11-,12?/m1/s1. The molecule has 108 valence electrons. The van der Waals surface area contributed by atoms with Gasteiger partial charge in [0.1, 0.15) is 17.6 Å². The summed E-state index contributed by atoms with van der Waals surface area (Å²) in [5.41, 5.74) is 0.843. The molecule has 0 radical (unpaired) electrons. The smallest absolute Gasteiger partial charge is 0.256 e. The number of methoxy groups -OCH3 is 1. The van der Waals surface area contributed by atoms with E-state index in [0.29, 0.717) is 24.2 Å². The average Bonchev–Trinajstić information content (AvgIpc) is 3.23. The molecule has 1 unspecified atom stereocenters. The fraction of sp³-hybridized carbons (Fsp3) is 0.357. The highest BCUT2D eigenvalue weighted by Crippen LogP contribution is 2.32. The van der Waals surface area contributed by atoms with Gasteiger partial charge < -0.3 is 19.6 Å². The van der Waals surface area contributed by atoms with Crippen LogP contribution < -0.4 is 0 Å². The Morgan fingerprint density at radius 2 is 2.43 bits per heavy atom. The number of nitriles is 1. The molecule has 2 aromatic rings. The van der Waals surface area contributed by atoms with Crippen LogP contribution in [0.15, 0.2) is 24.7 Å². The molecule has 0 spiro atoms. The van der Waals surface area contributed by atoms with Crippen molar-refractivity contribution in [3.8, 4) is 6.07 Å². The molecule has 0 aliphatic carbocycles. The maximum atomic E-state index is 12.6. The molecule has 21 heavy (non-hydrogen) atoms. The van der Waals surface area contributed by atoms with E-state index in [1.165, 1.54) is 0 Å². The molecular formula is C14H15N5O2. The number of imidazole rings is 1. The lowest BCUT2D eigenvalue weighted by Crippen LogP contribution is -2.32. The largest absolute Gasteiger partial charge is 0.380 e. The Hall–Kier alpha value is -2.59. The van der Waals surface area contributed by atoms with E-state index in [0.717, 1.165) is 5.82 Å². The number of H-pyrrole nitrogens is 2. The van der Waals surface area contributed by atoms with Crippen LogP contribution in [0.3, 0.4) is 0 Å². The summed E-state index contributed by atoms with van der Waals surface area (Å²) >= 11 is 0. The van der Waals surface area contributed by atoms with Gasteiger partial charge in [-0.2, -0.15) is 5.26 Å². The second kappa shape index (κ2) is 5.42. The Labute approximate surface area is 121 Å². The van der Waals surface area contributed by atoms with Crippen molar-refractivity contribution in [2.45, 2.75) is 18.6 Å². The number of hydrogen-bond acceptors (Lipinski definition) is 4. The molecule has 3 heterocycles. The molecule has 3 rings (SSSR count). The molecule has 2 aromatic heterocycles. The molecule has 2 N–H and O–H groups in total. The minimum Gasteiger partial charge on any atom is -0.380 e. The van der Waals surface area contributed by atoms with E-state index in [1.54, 1.807) is 36.7 Å². The summed E-state index contributed by atoms with van der Waals surface area (Å²) in [7, 11) is 1.64. The number of carbonyl (C=O) groups excluding carboxylic acids is 1. The fourth-order valence-corrected chi connectivity index (χ4v) is 2.66. The van der Waals surface area contributed by atoms with Gasteiger partial charge in [0.05, 0.1) is 17.7 Å². The van der Waals surface area contributed by atoms with Gasteiger partial charge >= 0.3 is 0 Å². The van der Waals surface area contributed by atoms with Crippen LogP contribution in [0.1, 0.15) is 34.3 Å². The molecule has 0 aromatic carbocycles. The second-order valence-corrected chi connectivity index (χ2v) is 4.95. The first-order chi connectivity index (χ1) is 10.2. The molecular weight excluding hydrogens is 270 g/mol. The molecule has 1 amide bonds. The zero-order valence-corrected chi connectivity index (χ0v) is 11.5. The summed E-state index contributed by atoms with van der Waals surface area (Å²) in [6.45, 7) is 0.508. The number of aromatic nitrogens is 3. The molecule has 1 aliphatic rings. The number of hydrogen-bond donors (Lipinski definition) is 2. The van der Waals surface area contributed by atoms with Crippen molar-refractivity contribution in [2.75, 3.05) is 13.7 Å². The number of rotatable bonds is 3. The van der Waals surface area contributed by atoms with Crippen LogP contribution >= 0.6 is 0 Å². The van der Waals surface area contributed by atoms with E-state index in [9.17, 15) is 4.79 Å². The average molecular weight is 285 g/mol. The topological polar surface area (TPSA) is 97.8 Å². The van der Waals surface area contributed by atoms with Gasteiger partial charge in [0.25, 0.3) is 5.91 Å². The number of likely N-dealkylation sites (tertiary alicyclic amines) is 1. The normalized spacial score (nSPS) is 21.4. The van der Waals surface area contributed by atoms with E-state index < -0.39 is 0 Å². The van der Waals surface area contributed by atoms with E-state index >= 15 is 0 Å². The molecule has 7 nitrogen and oxygen atoms in total. The SMILES string of the molecule is CO[C@@H]1CC(c2ncc[nH]2)N(C(=O)c2c[nH]c(C#N)c2)C1. The summed E-state index contributed by atoms with van der Waals surface area (Å²) < 4.78 is 5.39. The number of aromatic amines is 2. The van der Waals surface area contributed by atoms with Gasteiger partial charge in [-0.3, -0.25) is 4.79 Å². The lowest BCUT2D eigenvalue weighted by Gasteiger charge is -2.22. The first-order valence-corrected chi connectivity index (χ1v) is 6.64. The van der Waals surface area contributed by atoms with Crippen molar-refractivity contribution < 1.29 is 9.53 Å². The Bertz CT molecular complexity index is 670. The number of nitrogens with one attached hydrogen (secondary N) is 2. The first kappa shape index (κ1) is 13.4. The minimum atomic E-state index is -0.141. The molecule has 0 saturated carbocycles. The van der Waals surface area contributed by atoms with E-state index in [2.05, 4.69) is 15.0 Å². The van der Waals surface area contributed by atoms with Gasteiger partial charge in [0, 0.05) is 38.7 Å². The zero-order valence-electron chi connectivity index (χ0n) is 11.5. The molecule has 2 atom stereocenters. The third-order valence-corrected chi connectivity index (χ3v) is 3.74. The third-order valence-electron chi connectivity index (χ3n) is 3.74. The van der Waals surface area contributed by atoms with Gasteiger partial charge in [-0.25, -0.2) is 4.98 Å². The molecule has 1 saturated heterocycles. The van der Waals surface area contributed by atoms with Gasteiger partial charge in [-0.05, 0) is 6.07 Å². The monoisotopic (exact) mass is 285 g/mol. The van der Waals surface area contributed by atoms with Gasteiger partial charge in [0.15, 0.2) is 0 Å². The Kier molecular flexibility index (Phi) is 3.46. The molecule has 1 aliphatic heterocycles. The van der Waals surface area contributed by atoms with Crippen LogP contribution in [0.25, 0.3) is 0 Å². The molecule has 1 fully saturated rings. The highest BCUT2D eigenvalue weighted by molar-refractivity contribution is 5.95. The Morgan fingerprint density at radius 1 is 1.57 bits per heavy atom. The highest BCUT2D eigenvalue weighted by Gasteiger charge is 2.38. The summed E-state index contributed by atoms with van der Waals surface area (Å²) in [6, 6.07) is 3.40. The number of carbonyl (C=O) groups is 1. The summed E-state index contributed by atoms with van der Waals surface area (Å²) in [6.07, 6.45) is 5.65. The van der Waals surface area contributed by atoms with Gasteiger partial charge in [0.2, 0.25) is 0 Å². The fourth-order valence-electron chi connectivity index (χ4n) is 2.66. The lowest BCUT2D eigenvalue weighted by molar-refractivity contribution is 0.0685. The number of ether oxygens (including phenoxy) is 1. The predicted octanol–water partition coefficient (Wildman–Crippen LogP) is 1.21. The Morgan fingerprint density at radius 3 is 3.05 bits per heavy atom. The van der Waals surface area contributed by atoms with Crippen LogP contribution in [-0.4, -0.2) is 45.5 Å². The van der Waals surface area contributed by atoms with Crippen molar-refractivity contribution >= 4 is 5.91 Å². The van der Waals surface area contributed by atoms with Crippen molar-refractivity contribution in [1.82, 2.24) is 19.9 Å². The van der Waals surface area contributed by atoms with Crippen molar-refractivity contribution in [3.63, 3.8) is 0 Å². The van der Waals surface area contributed by atoms with E-state index in [1.807, 2.05) is 6.07 Å². The van der Waals surface area contributed by atoms with Crippen LogP contribution in [0.4, 0.5) is 0 Å². The van der Waals surface area contributed by atoms with Crippen LogP contribution in [0, 0.1) is 11.3 Å². The molecule has 7 heteroatoms. The maximum Gasteiger partial charge on any atom is 0.256 e. The van der Waals surface area contributed by atoms with Crippen LogP contribution in [-0.2, 0) is 4.74 Å². The highest BCUT2D eigenvalue weighted by atomic mass is 16.5. The number of nitrogens with zero attached hydrogens (tertiary/aromatic N) is 3. The quantitative estimate of drug-likeness (QED) is 0.885. The van der Waals surface area contributed by atoms with Crippen molar-refractivity contribution in [3.05, 3.63) is 41.7 Å². The van der Waals surface area contributed by atoms with Crippen molar-refractivity contribution in [2.24, 2.45) is 0 Å². The number of amides is 1.